The lowest BCUT2D eigenvalue weighted by molar-refractivity contribution is 0.0509. The van der Waals surface area contributed by atoms with Crippen molar-refractivity contribution in [2.24, 2.45) is 0 Å². The first kappa shape index (κ1) is 22.4. The molecule has 0 bridgehead atoms. The second-order valence-electron chi connectivity index (χ2n) is 6.62. The molecule has 0 saturated heterocycles. The summed E-state index contributed by atoms with van der Waals surface area (Å²) in [5.41, 5.74) is 3.43. The number of benzene rings is 3. The molecule has 0 radical (unpaired) electrons. The van der Waals surface area contributed by atoms with Gasteiger partial charge in [-0.2, -0.15) is 0 Å². The van der Waals surface area contributed by atoms with E-state index in [-0.39, 0.29) is 12.6 Å². The lowest BCUT2D eigenvalue weighted by Crippen LogP contribution is -2.08. The molecule has 0 aliphatic carbocycles. The Hall–Kier alpha value is -4.25. The van der Waals surface area contributed by atoms with Gasteiger partial charge in [-0.05, 0) is 53.1 Å². The van der Waals surface area contributed by atoms with Gasteiger partial charge in [0.15, 0.2) is 11.5 Å². The number of hydrogen-bond donors (Lipinski definition) is 0. The minimum Gasteiger partial charge on any atom is -0.466 e. The van der Waals surface area contributed by atoms with Gasteiger partial charge >= 0.3 is 5.97 Å². The van der Waals surface area contributed by atoms with Gasteiger partial charge in [0, 0.05) is 6.42 Å². The van der Waals surface area contributed by atoms with E-state index in [1.807, 2.05) is 48.5 Å². The number of carbonyl (C=O) groups excluding carboxylic acids is 1. The van der Waals surface area contributed by atoms with Crippen molar-refractivity contribution >= 4 is 5.97 Å². The maximum absolute atomic E-state index is 12.4. The van der Waals surface area contributed by atoms with E-state index >= 15 is 0 Å². The van der Waals surface area contributed by atoms with Crippen LogP contribution < -0.4 is 14.2 Å². The molecule has 5 nitrogen and oxygen atoms in total. The van der Waals surface area contributed by atoms with E-state index in [1.54, 1.807) is 18.2 Å². The van der Waals surface area contributed by atoms with Crippen LogP contribution in [0, 0.1) is 0 Å². The standard InChI is InChI=1S/C27H24O5/c1-4-29-24-14-12-22(13-15-24)21-8-10-23(11-9-21)27(28)32-18-17-20-7-16-25(30-5-2)26(19-20)31-6-3/h4-16,19H,1-3,17-18H2. The molecule has 0 spiro atoms. The second-order valence-corrected chi connectivity index (χ2v) is 6.62. The van der Waals surface area contributed by atoms with Gasteiger partial charge in [0.05, 0.1) is 31.0 Å². The van der Waals surface area contributed by atoms with Gasteiger partial charge in [-0.15, -0.1) is 0 Å². The molecule has 0 amide bonds. The quantitative estimate of drug-likeness (QED) is 0.264. The lowest BCUT2D eigenvalue weighted by atomic mass is 10.0. The third-order valence-electron chi connectivity index (χ3n) is 4.58. The van der Waals surface area contributed by atoms with Crippen LogP contribution in [0.3, 0.4) is 0 Å². The number of hydrogen-bond acceptors (Lipinski definition) is 5. The van der Waals surface area contributed by atoms with Crippen LogP contribution in [0.15, 0.2) is 105 Å². The summed E-state index contributed by atoms with van der Waals surface area (Å²) in [5.74, 6) is 1.39. The van der Waals surface area contributed by atoms with Crippen LogP contribution in [0.25, 0.3) is 11.1 Å². The summed E-state index contributed by atoms with van der Waals surface area (Å²) < 4.78 is 21.3. The maximum atomic E-state index is 12.4. The average molecular weight is 428 g/mol. The molecule has 32 heavy (non-hydrogen) atoms. The predicted octanol–water partition coefficient (Wildman–Crippen LogP) is 6.32. The molecule has 0 heterocycles. The van der Waals surface area contributed by atoms with Crippen molar-refractivity contribution in [1.29, 1.82) is 0 Å². The summed E-state index contributed by atoms with van der Waals surface area (Å²) in [7, 11) is 0. The summed E-state index contributed by atoms with van der Waals surface area (Å²) in [4.78, 5) is 12.4. The lowest BCUT2D eigenvalue weighted by Gasteiger charge is -2.10. The van der Waals surface area contributed by atoms with E-state index in [2.05, 4.69) is 19.7 Å². The van der Waals surface area contributed by atoms with E-state index in [9.17, 15) is 4.79 Å². The minimum absolute atomic E-state index is 0.237. The molecule has 0 aliphatic rings. The van der Waals surface area contributed by atoms with Crippen LogP contribution in [0.4, 0.5) is 0 Å². The first-order chi connectivity index (χ1) is 15.6. The Balaban J connectivity index is 1.57. The van der Waals surface area contributed by atoms with Crippen LogP contribution in [0.1, 0.15) is 15.9 Å². The van der Waals surface area contributed by atoms with E-state index in [4.69, 9.17) is 18.9 Å². The molecule has 3 aromatic carbocycles. The molecule has 0 aromatic heterocycles. The van der Waals surface area contributed by atoms with Crippen molar-refractivity contribution in [3.8, 4) is 28.4 Å². The molecule has 0 fully saturated rings. The normalized spacial score (nSPS) is 10.0. The van der Waals surface area contributed by atoms with Crippen molar-refractivity contribution in [3.05, 3.63) is 116 Å². The first-order valence-corrected chi connectivity index (χ1v) is 9.98. The third kappa shape index (κ3) is 5.89. The average Bonchev–Trinajstić information content (AvgIpc) is 2.82. The smallest absolute Gasteiger partial charge is 0.338 e. The second kappa shape index (κ2) is 11.2. The Labute approximate surface area is 187 Å². The van der Waals surface area contributed by atoms with Gasteiger partial charge in [0.1, 0.15) is 5.75 Å². The van der Waals surface area contributed by atoms with Crippen LogP contribution >= 0.6 is 0 Å². The molecular formula is C27H24O5. The fourth-order valence-electron chi connectivity index (χ4n) is 3.04. The molecule has 0 aliphatic heterocycles. The van der Waals surface area contributed by atoms with Gasteiger partial charge in [0.2, 0.25) is 0 Å². The summed E-state index contributed by atoms with van der Waals surface area (Å²) in [6.45, 7) is 10.9. The topological polar surface area (TPSA) is 54.0 Å². The van der Waals surface area contributed by atoms with Gasteiger partial charge < -0.3 is 18.9 Å². The van der Waals surface area contributed by atoms with E-state index in [0.29, 0.717) is 23.5 Å². The van der Waals surface area contributed by atoms with Gasteiger partial charge in [-0.1, -0.05) is 50.1 Å². The highest BCUT2D eigenvalue weighted by atomic mass is 16.5. The maximum Gasteiger partial charge on any atom is 0.338 e. The van der Waals surface area contributed by atoms with E-state index in [0.717, 1.165) is 22.4 Å². The number of esters is 1. The molecule has 0 unspecified atom stereocenters. The van der Waals surface area contributed by atoms with Gasteiger partial charge in [-0.25, -0.2) is 4.79 Å². The van der Waals surface area contributed by atoms with Crippen LogP contribution in [-0.4, -0.2) is 12.6 Å². The zero-order chi connectivity index (χ0) is 22.8. The summed E-state index contributed by atoms with van der Waals surface area (Å²) >= 11 is 0. The zero-order valence-corrected chi connectivity index (χ0v) is 17.7. The SMILES string of the molecule is C=COc1ccc(-c2ccc(C(=O)OCCc3ccc(OC=C)c(OC=C)c3)cc2)cc1. The molecule has 5 heteroatoms. The number of ether oxygens (including phenoxy) is 4. The molecule has 0 N–H and O–H groups in total. The highest BCUT2D eigenvalue weighted by Crippen LogP contribution is 2.29. The van der Waals surface area contributed by atoms with Crippen LogP contribution in [0.5, 0.6) is 17.2 Å². The molecule has 0 atom stereocenters. The van der Waals surface area contributed by atoms with Gasteiger partial charge in [0.25, 0.3) is 0 Å². The highest BCUT2D eigenvalue weighted by Gasteiger charge is 2.10. The summed E-state index contributed by atoms with van der Waals surface area (Å²) in [6, 6.07) is 20.4. The molecule has 0 saturated carbocycles. The van der Waals surface area contributed by atoms with Crippen molar-refractivity contribution in [3.63, 3.8) is 0 Å². The summed E-state index contributed by atoms with van der Waals surface area (Å²) in [5, 5.41) is 0. The Morgan fingerprint density at radius 1 is 0.719 bits per heavy atom. The highest BCUT2D eigenvalue weighted by molar-refractivity contribution is 5.90. The van der Waals surface area contributed by atoms with E-state index < -0.39 is 0 Å². The number of carbonyl (C=O) groups is 1. The molecule has 3 rings (SSSR count). The predicted molar refractivity (Wildman–Crippen MR) is 125 cm³/mol. The van der Waals surface area contributed by atoms with Crippen molar-refractivity contribution < 1.29 is 23.7 Å². The number of rotatable bonds is 11. The van der Waals surface area contributed by atoms with Crippen molar-refractivity contribution in [2.75, 3.05) is 6.61 Å². The van der Waals surface area contributed by atoms with Crippen molar-refractivity contribution in [1.82, 2.24) is 0 Å². The summed E-state index contributed by atoms with van der Waals surface area (Å²) in [6.07, 6.45) is 4.56. The first-order valence-electron chi connectivity index (χ1n) is 9.98. The fourth-order valence-corrected chi connectivity index (χ4v) is 3.04. The third-order valence-corrected chi connectivity index (χ3v) is 4.58. The Kier molecular flexibility index (Phi) is 7.87. The Morgan fingerprint density at radius 2 is 1.31 bits per heavy atom. The Bertz CT molecular complexity index is 1080. The monoisotopic (exact) mass is 428 g/mol. The van der Waals surface area contributed by atoms with Gasteiger partial charge in [-0.3, -0.25) is 0 Å². The molecule has 162 valence electrons. The van der Waals surface area contributed by atoms with E-state index in [1.165, 1.54) is 18.8 Å². The minimum atomic E-state index is -0.375. The molecule has 3 aromatic rings. The fraction of sp³-hybridized carbons (Fsp3) is 0.0741. The Morgan fingerprint density at radius 3 is 1.94 bits per heavy atom. The van der Waals surface area contributed by atoms with Crippen molar-refractivity contribution in [2.45, 2.75) is 6.42 Å². The zero-order valence-electron chi connectivity index (χ0n) is 17.7. The van der Waals surface area contributed by atoms with Crippen LogP contribution in [-0.2, 0) is 11.2 Å². The molecular weight excluding hydrogens is 404 g/mol. The largest absolute Gasteiger partial charge is 0.466 e. The van der Waals surface area contributed by atoms with Crippen LogP contribution in [0.2, 0.25) is 0 Å².